The summed E-state index contributed by atoms with van der Waals surface area (Å²) in [6.07, 6.45) is -3.58. The van der Waals surface area contributed by atoms with Gasteiger partial charge in [-0.1, -0.05) is 6.07 Å². The third-order valence-electron chi connectivity index (χ3n) is 6.15. The molecule has 176 valence electrons. The molecule has 1 nitrogen and oxygen atoms in total. The Kier molecular flexibility index (Phi) is 6.36. The standard InChI is InChI=1S/C28H27F4GeN/c1-17(2)23-13-19(12-18-8-6-7-9-21(18)23)27-15-24(26(29)16-34-27)22-11-10-20(33(3,4)5)14-25(22)28(30,31)32/h6-17H,1-5H3. The van der Waals surface area contributed by atoms with E-state index in [1.807, 2.05) is 47.6 Å². The molecule has 4 rings (SSSR count). The van der Waals surface area contributed by atoms with Crippen LogP contribution in [0.5, 0.6) is 0 Å². The molecule has 0 spiro atoms. The number of benzene rings is 3. The van der Waals surface area contributed by atoms with Crippen molar-refractivity contribution in [2.24, 2.45) is 0 Å². The SMILES string of the molecule is CC(C)c1cc(-c2cc(-c3cc[c]([Ge]([CH3])([CH3])[CH3])cc3C(F)(F)F)c(F)cn2)cc2ccccc12. The molecular formula is C28H27F4GeN. The summed E-state index contributed by atoms with van der Waals surface area (Å²) < 4.78 is 57.8. The van der Waals surface area contributed by atoms with Crippen molar-refractivity contribution < 1.29 is 17.6 Å². The van der Waals surface area contributed by atoms with E-state index in [2.05, 4.69) is 24.9 Å². The fourth-order valence-electron chi connectivity index (χ4n) is 4.25. The summed E-state index contributed by atoms with van der Waals surface area (Å²) in [4.78, 5) is 4.24. The number of hydrogen-bond acceptors (Lipinski definition) is 1. The predicted octanol–water partition coefficient (Wildman–Crippen LogP) is 8.40. The molecule has 0 saturated carbocycles. The molecular weight excluding hydrogens is 499 g/mol. The third kappa shape index (κ3) is 4.76. The number of hydrogen-bond donors (Lipinski definition) is 0. The third-order valence-corrected chi connectivity index (χ3v) is 10.4. The molecule has 6 heteroatoms. The van der Waals surface area contributed by atoms with E-state index in [9.17, 15) is 17.6 Å². The number of halogens is 4. The molecule has 0 atom stereocenters. The Bertz CT molecular complexity index is 1370. The normalized spacial score (nSPS) is 12.5. The molecule has 0 N–H and O–H groups in total. The molecule has 1 heterocycles. The van der Waals surface area contributed by atoms with Gasteiger partial charge < -0.3 is 0 Å². The van der Waals surface area contributed by atoms with Crippen molar-refractivity contribution in [2.45, 2.75) is 43.2 Å². The van der Waals surface area contributed by atoms with E-state index in [1.165, 1.54) is 18.2 Å². The number of pyridine rings is 1. The number of fused-ring (bicyclic) bond motifs is 1. The van der Waals surface area contributed by atoms with E-state index < -0.39 is 30.8 Å². The summed E-state index contributed by atoms with van der Waals surface area (Å²) in [5.41, 5.74) is 1.24. The zero-order valence-electron chi connectivity index (χ0n) is 19.9. The number of nitrogens with zero attached hydrogens (tertiary/aromatic N) is 1. The fraction of sp³-hybridized carbons (Fsp3) is 0.250. The number of alkyl halides is 3. The van der Waals surface area contributed by atoms with Crippen molar-refractivity contribution in [2.75, 3.05) is 0 Å². The molecule has 4 aromatic rings. The Balaban J connectivity index is 1.93. The average Bonchev–Trinajstić information content (AvgIpc) is 2.77. The predicted molar refractivity (Wildman–Crippen MR) is 135 cm³/mol. The zero-order valence-corrected chi connectivity index (χ0v) is 22.0. The van der Waals surface area contributed by atoms with Gasteiger partial charge in [-0.15, -0.1) is 0 Å². The molecule has 3 aromatic carbocycles. The van der Waals surface area contributed by atoms with Gasteiger partial charge in [-0.3, -0.25) is 0 Å². The molecule has 0 radical (unpaired) electrons. The summed E-state index contributed by atoms with van der Waals surface area (Å²) in [5.74, 6) is 5.56. The van der Waals surface area contributed by atoms with Crippen molar-refractivity contribution in [3.05, 3.63) is 83.8 Å². The van der Waals surface area contributed by atoms with E-state index in [0.717, 1.165) is 32.5 Å². The minimum absolute atomic E-state index is 0.0930. The van der Waals surface area contributed by atoms with E-state index in [1.54, 1.807) is 6.07 Å². The van der Waals surface area contributed by atoms with Crippen LogP contribution in [0, 0.1) is 5.82 Å². The maximum atomic E-state index is 14.9. The first kappa shape index (κ1) is 24.5. The molecule has 0 aliphatic heterocycles. The van der Waals surface area contributed by atoms with Gasteiger partial charge in [0.15, 0.2) is 0 Å². The van der Waals surface area contributed by atoms with Crippen molar-refractivity contribution in [1.82, 2.24) is 4.98 Å². The second kappa shape index (κ2) is 8.84. The van der Waals surface area contributed by atoms with Crippen molar-refractivity contribution in [3.63, 3.8) is 0 Å². The van der Waals surface area contributed by atoms with Crippen LogP contribution in [0.1, 0.15) is 30.9 Å². The van der Waals surface area contributed by atoms with E-state index in [-0.39, 0.29) is 17.0 Å². The molecule has 0 bridgehead atoms. The van der Waals surface area contributed by atoms with Crippen LogP contribution in [-0.2, 0) is 6.18 Å². The fourth-order valence-corrected chi connectivity index (χ4v) is 6.68. The second-order valence-electron chi connectivity index (χ2n) is 10.00. The van der Waals surface area contributed by atoms with Crippen LogP contribution in [0.3, 0.4) is 0 Å². The van der Waals surface area contributed by atoms with Gasteiger partial charge in [0.1, 0.15) is 0 Å². The van der Waals surface area contributed by atoms with Gasteiger partial charge in [-0.25, -0.2) is 0 Å². The van der Waals surface area contributed by atoms with Crippen LogP contribution < -0.4 is 4.40 Å². The van der Waals surface area contributed by atoms with Crippen LogP contribution in [-0.4, -0.2) is 18.3 Å². The Morgan fingerprint density at radius 3 is 2.21 bits per heavy atom. The molecule has 0 aliphatic carbocycles. The quantitative estimate of drug-likeness (QED) is 0.192. The summed E-state index contributed by atoms with van der Waals surface area (Å²) in [6.45, 7) is 4.18. The molecule has 0 unspecified atom stereocenters. The van der Waals surface area contributed by atoms with Gasteiger partial charge in [0.25, 0.3) is 0 Å². The summed E-state index contributed by atoms with van der Waals surface area (Å²) in [7, 11) is 0. The van der Waals surface area contributed by atoms with Crippen molar-refractivity contribution in [1.29, 1.82) is 0 Å². The number of aromatic nitrogens is 1. The van der Waals surface area contributed by atoms with Gasteiger partial charge >= 0.3 is 194 Å². The maximum absolute atomic E-state index is 14.9. The summed E-state index contributed by atoms with van der Waals surface area (Å²) in [6, 6.07) is 17.7. The molecule has 0 saturated heterocycles. The van der Waals surface area contributed by atoms with Crippen LogP contribution in [0.25, 0.3) is 33.2 Å². The first-order chi connectivity index (χ1) is 15.9. The molecule has 0 aliphatic rings. The van der Waals surface area contributed by atoms with Gasteiger partial charge in [-0.05, 0) is 0 Å². The van der Waals surface area contributed by atoms with Crippen LogP contribution in [0.2, 0.25) is 17.3 Å². The summed E-state index contributed by atoms with van der Waals surface area (Å²) >= 11 is -2.53. The van der Waals surface area contributed by atoms with Gasteiger partial charge in [0.05, 0.1) is 0 Å². The van der Waals surface area contributed by atoms with Crippen LogP contribution in [0.4, 0.5) is 17.6 Å². The second-order valence-corrected chi connectivity index (χ2v) is 20.7. The van der Waals surface area contributed by atoms with E-state index >= 15 is 0 Å². The van der Waals surface area contributed by atoms with Gasteiger partial charge in [-0.2, -0.15) is 0 Å². The van der Waals surface area contributed by atoms with Gasteiger partial charge in [0, 0.05) is 0 Å². The van der Waals surface area contributed by atoms with Gasteiger partial charge in [0.2, 0.25) is 0 Å². The molecule has 34 heavy (non-hydrogen) atoms. The summed E-state index contributed by atoms with van der Waals surface area (Å²) in [5, 5.41) is 2.12. The number of rotatable bonds is 4. The first-order valence-corrected chi connectivity index (χ1v) is 18.6. The first-order valence-electron chi connectivity index (χ1n) is 11.3. The Hall–Kier alpha value is -2.67. The molecule has 0 amide bonds. The Morgan fingerprint density at radius 1 is 0.853 bits per heavy atom. The van der Waals surface area contributed by atoms with Crippen molar-refractivity contribution in [3.8, 4) is 22.4 Å². The monoisotopic (exact) mass is 527 g/mol. The zero-order chi connectivity index (χ0) is 24.8. The Morgan fingerprint density at radius 2 is 1.56 bits per heavy atom. The minimum atomic E-state index is -4.59. The van der Waals surface area contributed by atoms with Crippen LogP contribution in [0.15, 0.2) is 66.9 Å². The van der Waals surface area contributed by atoms with Crippen LogP contribution >= 0.6 is 0 Å². The molecule has 1 aromatic heterocycles. The van der Waals surface area contributed by atoms with E-state index in [4.69, 9.17) is 0 Å². The Labute approximate surface area is 200 Å². The average molecular weight is 526 g/mol. The van der Waals surface area contributed by atoms with E-state index in [0.29, 0.717) is 5.69 Å². The molecule has 0 fully saturated rings. The topological polar surface area (TPSA) is 12.9 Å². The van der Waals surface area contributed by atoms with Crippen molar-refractivity contribution >= 4 is 28.4 Å².